The number of hydrogen-bond acceptors (Lipinski definition) is 4. The third-order valence-corrected chi connectivity index (χ3v) is 3.85. The predicted octanol–water partition coefficient (Wildman–Crippen LogP) is 4.33. The van der Waals surface area contributed by atoms with Crippen molar-refractivity contribution in [2.75, 3.05) is 38.2 Å². The summed E-state index contributed by atoms with van der Waals surface area (Å²) in [5.41, 5.74) is 0.614. The lowest BCUT2D eigenvalue weighted by atomic mass is 10.3. The highest BCUT2D eigenvalue weighted by atomic mass is 35.5. The van der Waals surface area contributed by atoms with Crippen molar-refractivity contribution in [1.82, 2.24) is 4.90 Å². The number of urea groups is 1. The predicted molar refractivity (Wildman–Crippen MR) is 104 cm³/mol. The molecular formula is C19H29ClN2O4. The molecule has 0 radical (unpaired) electrons. The number of esters is 1. The zero-order valence-electron chi connectivity index (χ0n) is 15.6. The number of halogens is 1. The van der Waals surface area contributed by atoms with Gasteiger partial charge in [0, 0.05) is 37.0 Å². The molecule has 26 heavy (non-hydrogen) atoms. The molecule has 1 rings (SSSR count). The maximum atomic E-state index is 12.5. The fourth-order valence-electron chi connectivity index (χ4n) is 2.25. The number of nitrogens with one attached hydrogen (secondary N) is 1. The molecule has 2 amide bonds. The van der Waals surface area contributed by atoms with Gasteiger partial charge in [-0.05, 0) is 38.0 Å². The van der Waals surface area contributed by atoms with E-state index in [4.69, 9.17) is 21.1 Å². The minimum atomic E-state index is -0.313. The number of benzene rings is 1. The second kappa shape index (κ2) is 13.4. The first-order valence-electron chi connectivity index (χ1n) is 9.11. The molecule has 0 unspecified atom stereocenters. The van der Waals surface area contributed by atoms with Gasteiger partial charge in [-0.1, -0.05) is 31.0 Å². The van der Waals surface area contributed by atoms with E-state index in [1.54, 1.807) is 36.1 Å². The van der Waals surface area contributed by atoms with E-state index in [1.807, 2.05) is 0 Å². The van der Waals surface area contributed by atoms with E-state index in [1.165, 1.54) is 0 Å². The van der Waals surface area contributed by atoms with Crippen LogP contribution < -0.4 is 5.32 Å². The average molecular weight is 385 g/mol. The molecule has 0 spiro atoms. The van der Waals surface area contributed by atoms with Gasteiger partial charge in [0.2, 0.25) is 0 Å². The fraction of sp³-hybridized carbons (Fsp3) is 0.579. The van der Waals surface area contributed by atoms with E-state index in [2.05, 4.69) is 12.2 Å². The number of carbonyl (C=O) groups excluding carboxylic acids is 2. The summed E-state index contributed by atoms with van der Waals surface area (Å²) in [7, 11) is 0. The van der Waals surface area contributed by atoms with Crippen LogP contribution in [-0.4, -0.2) is 49.8 Å². The van der Waals surface area contributed by atoms with Gasteiger partial charge in [-0.25, -0.2) is 4.79 Å². The molecule has 0 saturated carbocycles. The third kappa shape index (κ3) is 9.63. The first kappa shape index (κ1) is 22.3. The van der Waals surface area contributed by atoms with E-state index in [9.17, 15) is 9.59 Å². The molecule has 0 aliphatic rings. The van der Waals surface area contributed by atoms with Crippen molar-refractivity contribution in [2.24, 2.45) is 0 Å². The molecule has 0 heterocycles. The summed E-state index contributed by atoms with van der Waals surface area (Å²) in [5, 5.41) is 3.36. The van der Waals surface area contributed by atoms with Crippen LogP contribution in [0.3, 0.4) is 0 Å². The highest BCUT2D eigenvalue weighted by Gasteiger charge is 2.15. The smallest absolute Gasteiger partial charge is 0.321 e. The Hall–Kier alpha value is -1.79. The highest BCUT2D eigenvalue weighted by molar-refractivity contribution is 6.30. The molecule has 0 aliphatic carbocycles. The Labute approximate surface area is 160 Å². The van der Waals surface area contributed by atoms with Crippen LogP contribution in [0, 0.1) is 0 Å². The Morgan fingerprint density at radius 2 is 1.92 bits per heavy atom. The quantitative estimate of drug-likeness (QED) is 0.430. The van der Waals surface area contributed by atoms with Gasteiger partial charge in [0.25, 0.3) is 0 Å². The molecule has 0 saturated heterocycles. The Balaban J connectivity index is 2.54. The molecule has 0 aliphatic heterocycles. The van der Waals surface area contributed by atoms with E-state index in [0.29, 0.717) is 43.4 Å². The van der Waals surface area contributed by atoms with E-state index in [0.717, 1.165) is 19.4 Å². The molecule has 7 heteroatoms. The number of carbonyl (C=O) groups is 2. The number of ether oxygens (including phenoxy) is 2. The van der Waals surface area contributed by atoms with Gasteiger partial charge in [-0.15, -0.1) is 0 Å². The summed E-state index contributed by atoms with van der Waals surface area (Å²) < 4.78 is 10.5. The van der Waals surface area contributed by atoms with Crippen molar-refractivity contribution < 1.29 is 19.1 Å². The first-order chi connectivity index (χ1) is 12.6. The maximum absolute atomic E-state index is 12.5. The van der Waals surface area contributed by atoms with Gasteiger partial charge in [-0.3, -0.25) is 4.79 Å². The number of hydrogen-bond donors (Lipinski definition) is 1. The molecule has 0 fully saturated rings. The third-order valence-electron chi connectivity index (χ3n) is 3.61. The Morgan fingerprint density at radius 3 is 2.62 bits per heavy atom. The average Bonchev–Trinajstić information content (AvgIpc) is 2.60. The fourth-order valence-corrected chi connectivity index (χ4v) is 2.44. The number of rotatable bonds is 12. The molecule has 146 valence electrons. The van der Waals surface area contributed by atoms with Crippen molar-refractivity contribution in [2.45, 2.75) is 39.5 Å². The molecular weight excluding hydrogens is 356 g/mol. The normalized spacial score (nSPS) is 10.4. The highest BCUT2D eigenvalue weighted by Crippen LogP contribution is 2.15. The number of amides is 2. The lowest BCUT2D eigenvalue weighted by molar-refractivity contribution is -0.143. The van der Waals surface area contributed by atoms with E-state index >= 15 is 0 Å². The molecule has 1 aromatic carbocycles. The van der Waals surface area contributed by atoms with Gasteiger partial charge in [0.05, 0.1) is 13.0 Å². The van der Waals surface area contributed by atoms with Gasteiger partial charge >= 0.3 is 12.0 Å². The van der Waals surface area contributed by atoms with Gasteiger partial charge in [0.1, 0.15) is 0 Å². The summed E-state index contributed by atoms with van der Waals surface area (Å²) >= 11 is 5.95. The maximum Gasteiger partial charge on any atom is 0.321 e. The van der Waals surface area contributed by atoms with Crippen molar-refractivity contribution in [1.29, 1.82) is 0 Å². The minimum Gasteiger partial charge on any atom is -0.466 e. The lowest BCUT2D eigenvalue weighted by Gasteiger charge is -2.23. The van der Waals surface area contributed by atoms with Crippen LogP contribution in [0.5, 0.6) is 0 Å². The number of nitrogens with zero attached hydrogens (tertiary/aromatic N) is 1. The lowest BCUT2D eigenvalue weighted by Crippen LogP contribution is -2.37. The van der Waals surface area contributed by atoms with E-state index < -0.39 is 0 Å². The minimum absolute atomic E-state index is 0.160. The van der Waals surface area contributed by atoms with Crippen molar-refractivity contribution in [3.8, 4) is 0 Å². The number of unbranched alkanes of at least 4 members (excludes halogenated alkanes) is 1. The van der Waals surface area contributed by atoms with Crippen LogP contribution in [-0.2, 0) is 14.3 Å². The Kier molecular flexibility index (Phi) is 11.5. The summed E-state index contributed by atoms with van der Waals surface area (Å²) in [5.74, 6) is -0.313. The topological polar surface area (TPSA) is 67.9 Å². The SMILES string of the molecule is CCCCOCCCN(CCC(=O)OCC)C(=O)Nc1cccc(Cl)c1. The summed E-state index contributed by atoms with van der Waals surface area (Å²) in [6.07, 6.45) is 2.98. The first-order valence-corrected chi connectivity index (χ1v) is 9.49. The largest absolute Gasteiger partial charge is 0.466 e. The van der Waals surface area contributed by atoms with Gasteiger partial charge in [0.15, 0.2) is 0 Å². The van der Waals surface area contributed by atoms with Crippen LogP contribution in [0.15, 0.2) is 24.3 Å². The van der Waals surface area contributed by atoms with E-state index in [-0.39, 0.29) is 18.4 Å². The molecule has 0 aromatic heterocycles. The standard InChI is InChI=1S/C19H29ClN2O4/c1-3-5-13-25-14-7-11-22(12-10-18(23)26-4-2)19(24)21-17-9-6-8-16(20)15-17/h6,8-9,15H,3-5,7,10-14H2,1-2H3,(H,21,24). The molecule has 1 aromatic rings. The summed E-state index contributed by atoms with van der Waals surface area (Å²) in [6.45, 7) is 6.31. The van der Waals surface area contributed by atoms with Gasteiger partial charge < -0.3 is 19.7 Å². The van der Waals surface area contributed by atoms with Crippen LogP contribution in [0.4, 0.5) is 10.5 Å². The molecule has 0 bridgehead atoms. The summed E-state index contributed by atoms with van der Waals surface area (Å²) in [6, 6.07) is 6.68. The van der Waals surface area contributed by atoms with Crippen LogP contribution in [0.1, 0.15) is 39.5 Å². The van der Waals surface area contributed by atoms with Crippen LogP contribution >= 0.6 is 11.6 Å². The van der Waals surface area contributed by atoms with Crippen LogP contribution in [0.2, 0.25) is 5.02 Å². The molecule has 0 atom stereocenters. The monoisotopic (exact) mass is 384 g/mol. The second-order valence-corrected chi connectivity index (χ2v) is 6.24. The molecule has 1 N–H and O–H groups in total. The Bertz CT molecular complexity index is 554. The molecule has 6 nitrogen and oxygen atoms in total. The van der Waals surface area contributed by atoms with Crippen molar-refractivity contribution >= 4 is 29.3 Å². The summed E-state index contributed by atoms with van der Waals surface area (Å²) in [4.78, 5) is 25.7. The second-order valence-electron chi connectivity index (χ2n) is 5.80. The van der Waals surface area contributed by atoms with Crippen LogP contribution in [0.25, 0.3) is 0 Å². The van der Waals surface area contributed by atoms with Crippen molar-refractivity contribution in [3.05, 3.63) is 29.3 Å². The Morgan fingerprint density at radius 1 is 1.15 bits per heavy atom. The van der Waals surface area contributed by atoms with Gasteiger partial charge in [-0.2, -0.15) is 0 Å². The van der Waals surface area contributed by atoms with Crippen molar-refractivity contribution in [3.63, 3.8) is 0 Å². The zero-order valence-corrected chi connectivity index (χ0v) is 16.4. The zero-order chi connectivity index (χ0) is 19.2. The number of anilines is 1.